The molecule has 0 aliphatic rings. The van der Waals surface area contributed by atoms with Gasteiger partial charge in [-0.2, -0.15) is 0 Å². The molecule has 0 aromatic heterocycles. The van der Waals surface area contributed by atoms with Crippen LogP contribution < -0.4 is 47.1 Å². The Morgan fingerprint density at radius 3 is 2.00 bits per heavy atom. The van der Waals surface area contributed by atoms with Crippen molar-refractivity contribution >= 4 is 34.2 Å². The molecule has 0 radical (unpaired) electrons. The molecule has 0 aromatic rings. The van der Waals surface area contributed by atoms with Crippen LogP contribution in [0.3, 0.4) is 0 Å². The third-order valence-electron chi connectivity index (χ3n) is 0.427. The van der Waals surface area contributed by atoms with E-state index in [2.05, 4.69) is 5.30 Å². The van der Waals surface area contributed by atoms with Gasteiger partial charge >= 0.3 is 106 Å². The van der Waals surface area contributed by atoms with E-state index in [0.29, 0.717) is 0 Å². The predicted octanol–water partition coefficient (Wildman–Crippen LogP) is -8.47. The fourth-order valence-electron chi connectivity index (χ4n) is 0.271. The zero-order chi connectivity index (χ0) is 10.7. The van der Waals surface area contributed by atoms with Gasteiger partial charge in [-0.05, 0) is 0 Å². The molecule has 7 nitrogen and oxygen atoms in total. The Morgan fingerprint density at radius 2 is 1.69 bits per heavy atom. The van der Waals surface area contributed by atoms with Crippen molar-refractivity contribution in [2.45, 2.75) is 0 Å². The summed E-state index contributed by atoms with van der Waals surface area (Å²) < 4.78 is 51.9. The Labute approximate surface area is 104 Å². The van der Waals surface area contributed by atoms with Crippen molar-refractivity contribution in [1.29, 1.82) is 0 Å². The maximum absolute atomic E-state index is 11.0. The topological polar surface area (TPSA) is 114 Å². The molecule has 0 saturated heterocycles. The zero-order valence-electron chi connectivity index (χ0n) is 6.48. The number of halogens is 3. The molecule has 0 aliphatic heterocycles. The predicted molar refractivity (Wildman–Crippen MR) is 40.9 cm³/mol. The van der Waals surface area contributed by atoms with Gasteiger partial charge in [0.05, 0.1) is 0 Å². The molecule has 84 valence electrons. The van der Waals surface area contributed by atoms with Gasteiger partial charge in [-0.3, -0.25) is 0 Å². The first kappa shape index (κ1) is 15.3. The molecular formula is C2H8I3O7S+. The van der Waals surface area contributed by atoms with Crippen LogP contribution in [0.1, 0.15) is 0 Å². The average molecular weight is 557 g/mol. The van der Waals surface area contributed by atoms with Crippen LogP contribution in [0.15, 0.2) is 0 Å². The van der Waals surface area contributed by atoms with Crippen LogP contribution in [-0.2, 0) is 16.5 Å². The molecule has 0 rings (SSSR count). The minimum absolute atomic E-state index is 0.808. The van der Waals surface area contributed by atoms with Crippen LogP contribution in [0.4, 0.5) is 0 Å². The van der Waals surface area contributed by atoms with Gasteiger partial charge in [-0.1, -0.05) is 0 Å². The summed E-state index contributed by atoms with van der Waals surface area (Å²) in [5.74, 6) is 0. The van der Waals surface area contributed by atoms with Crippen molar-refractivity contribution in [3.63, 3.8) is 0 Å². The molecule has 0 spiro atoms. The first-order chi connectivity index (χ1) is 5.68. The summed E-state index contributed by atoms with van der Waals surface area (Å²) >= 11 is -10.0. The van der Waals surface area contributed by atoms with E-state index >= 15 is 0 Å². The summed E-state index contributed by atoms with van der Waals surface area (Å²) in [4.78, 5) is 0. The second kappa shape index (κ2) is 6.11. The third-order valence-corrected chi connectivity index (χ3v) is 14.1. The summed E-state index contributed by atoms with van der Waals surface area (Å²) in [5.41, 5.74) is 0. The maximum atomic E-state index is 11.0. The van der Waals surface area contributed by atoms with Crippen molar-refractivity contribution in [1.82, 2.24) is 0 Å². The van der Waals surface area contributed by atoms with Gasteiger partial charge in [-0.25, -0.2) is 0 Å². The van der Waals surface area contributed by atoms with Gasteiger partial charge in [0.1, 0.15) is 0 Å². The first-order valence-electron chi connectivity index (χ1n) is 2.40. The van der Waals surface area contributed by atoms with Crippen LogP contribution >= 0.6 is 23.0 Å². The summed E-state index contributed by atoms with van der Waals surface area (Å²) in [7, 11) is 0. The summed E-state index contributed by atoms with van der Waals surface area (Å²) in [6, 6.07) is 0. The molecular weight excluding hydrogens is 549 g/mol. The molecule has 0 aliphatic carbocycles. The SMILES string of the molecule is C[S+](C)O[I+]([O-])(O)O[I+]([O-])(O)OI. The molecule has 0 amide bonds. The molecule has 0 bridgehead atoms. The second-order valence-electron chi connectivity index (χ2n) is 1.71. The van der Waals surface area contributed by atoms with E-state index in [1.807, 2.05) is 0 Å². The van der Waals surface area contributed by atoms with Gasteiger partial charge in [0.15, 0.2) is 0 Å². The Hall–Kier alpha value is 2.26. The van der Waals surface area contributed by atoms with E-state index < -0.39 is 51.4 Å². The molecule has 2 N–H and O–H groups in total. The van der Waals surface area contributed by atoms with Gasteiger partial charge in [-0.15, -0.1) is 0 Å². The van der Waals surface area contributed by atoms with Crippen LogP contribution in [0.25, 0.3) is 0 Å². The van der Waals surface area contributed by atoms with Crippen LogP contribution in [0.5, 0.6) is 0 Å². The van der Waals surface area contributed by atoms with Crippen molar-refractivity contribution in [2.75, 3.05) is 12.5 Å². The Bertz CT molecular complexity index is 162. The van der Waals surface area contributed by atoms with Crippen molar-refractivity contribution in [3.05, 3.63) is 0 Å². The van der Waals surface area contributed by atoms with Crippen LogP contribution in [-0.4, -0.2) is 19.4 Å². The summed E-state index contributed by atoms with van der Waals surface area (Å²) in [6.45, 7) is 0. The standard InChI is InChI=1S/C2H8I3O7S/c1-13(2)12-5(8,9)11-4(6,7)10-3/h6,8H,1-2H3/q+1. The van der Waals surface area contributed by atoms with Crippen molar-refractivity contribution in [3.8, 4) is 0 Å². The zero-order valence-corrected chi connectivity index (χ0v) is 13.8. The molecule has 0 heterocycles. The summed E-state index contributed by atoms with van der Waals surface area (Å²) in [6.07, 6.45) is 3.05. The molecule has 2 atom stereocenters. The number of hydrogen-bond donors (Lipinski definition) is 2. The third kappa shape index (κ3) is 8.11. The van der Waals surface area contributed by atoms with E-state index in [1.165, 1.54) is 12.5 Å². The molecule has 0 saturated carbocycles. The van der Waals surface area contributed by atoms with E-state index in [9.17, 15) is 6.87 Å². The van der Waals surface area contributed by atoms with E-state index in [4.69, 9.17) is 6.87 Å². The summed E-state index contributed by atoms with van der Waals surface area (Å²) in [5, 5.41) is 0. The van der Waals surface area contributed by atoms with Gasteiger partial charge < -0.3 is 0 Å². The van der Waals surface area contributed by atoms with Crippen LogP contribution in [0, 0.1) is 0 Å². The van der Waals surface area contributed by atoms with Gasteiger partial charge in [0.2, 0.25) is 0 Å². The molecule has 11 heteroatoms. The van der Waals surface area contributed by atoms with Crippen molar-refractivity contribution in [2.24, 2.45) is 0 Å². The van der Waals surface area contributed by atoms with E-state index in [1.54, 1.807) is 0 Å². The van der Waals surface area contributed by atoms with Crippen LogP contribution in [0.2, 0.25) is 0 Å². The normalized spacial score (nSPS) is 26.2. The van der Waals surface area contributed by atoms with Crippen molar-refractivity contribution < 1.29 is 59.2 Å². The number of rotatable bonds is 5. The molecule has 0 aromatic carbocycles. The second-order valence-corrected chi connectivity index (χ2v) is 14.1. The molecule has 2 unspecified atom stereocenters. The van der Waals surface area contributed by atoms with Gasteiger partial charge in [0, 0.05) is 0 Å². The minimum atomic E-state index is -5.20. The first-order valence-corrected chi connectivity index (χ1v) is 12.5. The average Bonchev–Trinajstić information content (AvgIpc) is 1.81. The Balaban J connectivity index is 4.16. The Morgan fingerprint density at radius 1 is 1.23 bits per heavy atom. The monoisotopic (exact) mass is 557 g/mol. The Kier molecular flexibility index (Phi) is 7.17. The van der Waals surface area contributed by atoms with Gasteiger partial charge in [0.25, 0.3) is 0 Å². The number of hydrogen-bond acceptors (Lipinski definition) is 7. The van der Waals surface area contributed by atoms with E-state index in [0.717, 1.165) is 23.0 Å². The molecule has 0 fully saturated rings. The van der Waals surface area contributed by atoms with E-state index in [-0.39, 0.29) is 0 Å². The fraction of sp³-hybridized carbons (Fsp3) is 1.00. The fourth-order valence-corrected chi connectivity index (χ4v) is 11.4. The molecule has 13 heavy (non-hydrogen) atoms. The quantitative estimate of drug-likeness (QED) is 0.255.